The molecule has 0 aliphatic heterocycles. The minimum absolute atomic E-state index is 0.218. The van der Waals surface area contributed by atoms with Crippen molar-refractivity contribution >= 4 is 5.91 Å². The molecular formula is C16H27N3O. The van der Waals surface area contributed by atoms with Gasteiger partial charge in [-0.25, -0.2) is 4.98 Å². The van der Waals surface area contributed by atoms with Crippen molar-refractivity contribution in [2.24, 2.45) is 17.3 Å². The number of aromatic nitrogens is 2. The van der Waals surface area contributed by atoms with E-state index in [0.29, 0.717) is 12.0 Å². The number of imidazole rings is 1. The van der Waals surface area contributed by atoms with Gasteiger partial charge in [-0.15, -0.1) is 0 Å². The van der Waals surface area contributed by atoms with Crippen molar-refractivity contribution < 1.29 is 4.79 Å². The lowest BCUT2D eigenvalue weighted by Gasteiger charge is -2.36. The highest BCUT2D eigenvalue weighted by molar-refractivity contribution is 5.78. The van der Waals surface area contributed by atoms with Crippen LogP contribution < -0.4 is 5.32 Å². The lowest BCUT2D eigenvalue weighted by molar-refractivity contribution is -0.126. The molecule has 1 aromatic rings. The highest BCUT2D eigenvalue weighted by Crippen LogP contribution is 2.39. The molecule has 4 heteroatoms. The molecule has 1 aromatic heterocycles. The van der Waals surface area contributed by atoms with E-state index in [0.717, 1.165) is 30.9 Å². The fraction of sp³-hybridized carbons (Fsp3) is 0.750. The number of aromatic amines is 1. The molecule has 0 aromatic carbocycles. The number of amides is 1. The maximum atomic E-state index is 12.1. The van der Waals surface area contributed by atoms with Gasteiger partial charge in [0.1, 0.15) is 0 Å². The molecule has 0 unspecified atom stereocenters. The van der Waals surface area contributed by atoms with Crippen LogP contribution in [0.3, 0.4) is 0 Å². The third-order valence-electron chi connectivity index (χ3n) is 4.57. The van der Waals surface area contributed by atoms with Crippen molar-refractivity contribution in [2.45, 2.75) is 52.9 Å². The van der Waals surface area contributed by atoms with Gasteiger partial charge in [0, 0.05) is 30.8 Å². The summed E-state index contributed by atoms with van der Waals surface area (Å²) in [7, 11) is 0. The maximum absolute atomic E-state index is 12.1. The second kappa shape index (κ2) is 6.42. The summed E-state index contributed by atoms with van der Waals surface area (Å²) >= 11 is 0. The quantitative estimate of drug-likeness (QED) is 0.889. The summed E-state index contributed by atoms with van der Waals surface area (Å²) in [5, 5.41) is 3.06. The van der Waals surface area contributed by atoms with Gasteiger partial charge < -0.3 is 10.3 Å². The number of rotatable bonds is 4. The minimum Gasteiger partial charge on any atom is -0.355 e. The topological polar surface area (TPSA) is 57.8 Å². The van der Waals surface area contributed by atoms with Crippen LogP contribution in [0.1, 0.15) is 52.1 Å². The van der Waals surface area contributed by atoms with Crippen molar-refractivity contribution in [1.82, 2.24) is 15.3 Å². The van der Waals surface area contributed by atoms with Gasteiger partial charge in [0.05, 0.1) is 6.33 Å². The zero-order valence-corrected chi connectivity index (χ0v) is 12.9. The third-order valence-corrected chi connectivity index (χ3v) is 4.57. The lowest BCUT2D eigenvalue weighted by atomic mass is 9.69. The van der Waals surface area contributed by atoms with Crippen molar-refractivity contribution in [3.8, 4) is 0 Å². The van der Waals surface area contributed by atoms with E-state index in [1.165, 1.54) is 12.8 Å². The fourth-order valence-electron chi connectivity index (χ4n) is 3.11. The predicted molar refractivity (Wildman–Crippen MR) is 80.2 cm³/mol. The summed E-state index contributed by atoms with van der Waals surface area (Å²) in [5.74, 6) is 1.21. The second-order valence-corrected chi connectivity index (χ2v) is 7.03. The average Bonchev–Trinajstić information content (AvgIpc) is 2.91. The number of nitrogens with one attached hydrogen (secondary N) is 2. The number of carbonyl (C=O) groups is 1. The normalized spacial score (nSPS) is 23.6. The first-order chi connectivity index (χ1) is 9.47. The number of nitrogens with zero attached hydrogens (tertiary/aromatic N) is 1. The summed E-state index contributed by atoms with van der Waals surface area (Å²) in [6.07, 6.45) is 8.74. The summed E-state index contributed by atoms with van der Waals surface area (Å²) in [4.78, 5) is 19.2. The molecule has 0 bridgehead atoms. The first kappa shape index (κ1) is 15.1. The molecule has 0 radical (unpaired) electrons. The Hall–Kier alpha value is -1.32. The Labute approximate surface area is 121 Å². The van der Waals surface area contributed by atoms with Crippen molar-refractivity contribution in [1.29, 1.82) is 0 Å². The van der Waals surface area contributed by atoms with E-state index >= 15 is 0 Å². The molecular weight excluding hydrogens is 250 g/mol. The SMILES string of the molecule is CC(C)(C)C1CCC(C(=O)NCCc2cnc[nH]2)CC1. The van der Waals surface area contributed by atoms with Gasteiger partial charge in [-0.1, -0.05) is 20.8 Å². The van der Waals surface area contributed by atoms with Crippen molar-refractivity contribution in [3.63, 3.8) is 0 Å². The van der Waals surface area contributed by atoms with Crippen LogP contribution in [0.2, 0.25) is 0 Å². The summed E-state index contributed by atoms with van der Waals surface area (Å²) in [6.45, 7) is 7.62. The van der Waals surface area contributed by atoms with Crippen molar-refractivity contribution in [2.75, 3.05) is 6.54 Å². The zero-order chi connectivity index (χ0) is 14.6. The van der Waals surface area contributed by atoms with E-state index in [4.69, 9.17) is 0 Å². The second-order valence-electron chi connectivity index (χ2n) is 7.03. The van der Waals surface area contributed by atoms with Gasteiger partial charge in [-0.2, -0.15) is 0 Å². The van der Waals surface area contributed by atoms with E-state index in [9.17, 15) is 4.79 Å². The highest BCUT2D eigenvalue weighted by atomic mass is 16.1. The molecule has 20 heavy (non-hydrogen) atoms. The fourth-order valence-corrected chi connectivity index (χ4v) is 3.11. The Morgan fingerprint density at radius 1 is 1.35 bits per heavy atom. The summed E-state index contributed by atoms with van der Waals surface area (Å²) < 4.78 is 0. The summed E-state index contributed by atoms with van der Waals surface area (Å²) in [5.41, 5.74) is 1.45. The maximum Gasteiger partial charge on any atom is 0.223 e. The number of hydrogen-bond acceptors (Lipinski definition) is 2. The van der Waals surface area contributed by atoms with E-state index in [1.807, 2.05) is 0 Å². The molecule has 0 saturated heterocycles. The van der Waals surface area contributed by atoms with E-state index in [-0.39, 0.29) is 11.8 Å². The number of H-pyrrole nitrogens is 1. The van der Waals surface area contributed by atoms with Crippen LogP contribution in [0.5, 0.6) is 0 Å². The van der Waals surface area contributed by atoms with Gasteiger partial charge in [0.25, 0.3) is 0 Å². The summed E-state index contributed by atoms with van der Waals surface area (Å²) in [6, 6.07) is 0. The minimum atomic E-state index is 0.218. The standard InChI is InChI=1S/C16H27N3O/c1-16(2,3)13-6-4-12(5-7-13)15(20)18-9-8-14-10-17-11-19-14/h10-13H,4-9H2,1-3H3,(H,17,19)(H,18,20). The van der Waals surface area contributed by atoms with E-state index in [1.54, 1.807) is 12.5 Å². The first-order valence-electron chi connectivity index (χ1n) is 7.72. The van der Waals surface area contributed by atoms with Crippen LogP contribution in [0.25, 0.3) is 0 Å². The molecule has 1 saturated carbocycles. The van der Waals surface area contributed by atoms with Crippen LogP contribution in [0.4, 0.5) is 0 Å². The van der Waals surface area contributed by atoms with Crippen LogP contribution in [0.15, 0.2) is 12.5 Å². The van der Waals surface area contributed by atoms with Gasteiger partial charge >= 0.3 is 0 Å². The molecule has 2 rings (SSSR count). The zero-order valence-electron chi connectivity index (χ0n) is 12.9. The third kappa shape index (κ3) is 4.09. The molecule has 2 N–H and O–H groups in total. The molecule has 1 aliphatic rings. The number of hydrogen-bond donors (Lipinski definition) is 2. The smallest absolute Gasteiger partial charge is 0.223 e. The molecule has 112 valence electrons. The largest absolute Gasteiger partial charge is 0.355 e. The molecule has 1 amide bonds. The Balaban J connectivity index is 1.69. The van der Waals surface area contributed by atoms with E-state index < -0.39 is 0 Å². The lowest BCUT2D eigenvalue weighted by Crippen LogP contribution is -2.36. The van der Waals surface area contributed by atoms with Gasteiger partial charge in [0.15, 0.2) is 0 Å². The van der Waals surface area contributed by atoms with Crippen LogP contribution in [-0.2, 0) is 11.2 Å². The van der Waals surface area contributed by atoms with Gasteiger partial charge in [-0.05, 0) is 37.0 Å². The van der Waals surface area contributed by atoms with Crippen molar-refractivity contribution in [3.05, 3.63) is 18.2 Å². The Kier molecular flexibility index (Phi) is 4.84. The first-order valence-corrected chi connectivity index (χ1v) is 7.72. The van der Waals surface area contributed by atoms with E-state index in [2.05, 4.69) is 36.1 Å². The highest BCUT2D eigenvalue weighted by Gasteiger charge is 2.32. The average molecular weight is 277 g/mol. The van der Waals surface area contributed by atoms with Gasteiger partial charge in [0.2, 0.25) is 5.91 Å². The molecule has 1 fully saturated rings. The Morgan fingerprint density at radius 3 is 2.60 bits per heavy atom. The van der Waals surface area contributed by atoms with Gasteiger partial charge in [-0.3, -0.25) is 4.79 Å². The molecule has 0 spiro atoms. The molecule has 4 nitrogen and oxygen atoms in total. The predicted octanol–water partition coefficient (Wildman–Crippen LogP) is 2.92. The van der Waals surface area contributed by atoms with Crippen LogP contribution >= 0.6 is 0 Å². The molecule has 1 heterocycles. The van der Waals surface area contributed by atoms with Crippen LogP contribution in [-0.4, -0.2) is 22.4 Å². The molecule has 1 aliphatic carbocycles. The molecule has 0 atom stereocenters. The Bertz CT molecular complexity index is 411. The Morgan fingerprint density at radius 2 is 2.05 bits per heavy atom. The monoisotopic (exact) mass is 277 g/mol. The van der Waals surface area contributed by atoms with Crippen LogP contribution in [0, 0.1) is 17.3 Å². The number of carbonyl (C=O) groups excluding carboxylic acids is 1.